The van der Waals surface area contributed by atoms with Gasteiger partial charge in [0.2, 0.25) is 0 Å². The lowest BCUT2D eigenvalue weighted by atomic mass is 9.94. The third-order valence-corrected chi connectivity index (χ3v) is 6.82. The van der Waals surface area contributed by atoms with Gasteiger partial charge in [0.05, 0.1) is 0 Å². The van der Waals surface area contributed by atoms with Gasteiger partial charge in [-0.15, -0.1) is 0 Å². The van der Waals surface area contributed by atoms with E-state index in [-0.39, 0.29) is 17.5 Å². The van der Waals surface area contributed by atoms with Gasteiger partial charge in [0, 0.05) is 24.7 Å². The van der Waals surface area contributed by atoms with E-state index in [1.165, 1.54) is 28.8 Å². The van der Waals surface area contributed by atoms with E-state index < -0.39 is 6.10 Å². The molecule has 0 spiro atoms. The van der Waals surface area contributed by atoms with Crippen molar-refractivity contribution in [3.05, 3.63) is 99.9 Å². The van der Waals surface area contributed by atoms with Crippen molar-refractivity contribution in [3.63, 3.8) is 0 Å². The maximum Gasteiger partial charge on any atom is 0.124 e. The summed E-state index contributed by atoms with van der Waals surface area (Å²) in [7, 11) is 0. The molecule has 2 atom stereocenters. The van der Waals surface area contributed by atoms with Gasteiger partial charge in [-0.25, -0.2) is 4.39 Å². The number of hydrogen-bond acceptors (Lipinski definition) is 3. The highest BCUT2D eigenvalue weighted by Crippen LogP contribution is 2.41. The largest absolute Gasteiger partial charge is 0.486 e. The second-order valence-electron chi connectivity index (χ2n) is 9.79. The van der Waals surface area contributed by atoms with Crippen LogP contribution >= 0.6 is 0 Å². The summed E-state index contributed by atoms with van der Waals surface area (Å²) in [5.74, 6) is 0.688. The number of ether oxygens (including phenoxy) is 1. The van der Waals surface area contributed by atoms with Crippen LogP contribution < -0.4 is 4.74 Å². The zero-order valence-corrected chi connectivity index (χ0v) is 18.9. The summed E-state index contributed by atoms with van der Waals surface area (Å²) in [6.45, 7) is 7.81. The highest BCUT2D eigenvalue weighted by atomic mass is 19.1. The summed E-state index contributed by atoms with van der Waals surface area (Å²) in [6, 6.07) is 19.5. The van der Waals surface area contributed by atoms with Crippen molar-refractivity contribution in [1.29, 1.82) is 0 Å². The number of aliphatic hydroxyl groups is 1. The van der Waals surface area contributed by atoms with Crippen LogP contribution in [0.4, 0.5) is 4.39 Å². The Bertz CT molecular complexity index is 1160. The van der Waals surface area contributed by atoms with Crippen LogP contribution in [0, 0.1) is 12.7 Å². The van der Waals surface area contributed by atoms with Gasteiger partial charge in [0.25, 0.3) is 0 Å². The molecule has 3 nitrogen and oxygen atoms in total. The molecule has 0 radical (unpaired) electrons. The van der Waals surface area contributed by atoms with Gasteiger partial charge in [-0.3, -0.25) is 4.90 Å². The summed E-state index contributed by atoms with van der Waals surface area (Å²) in [5, 5.41) is 11.1. The molecule has 1 aliphatic heterocycles. The standard InChI is InChI=1S/C28H30FNO2/c1-18-14-22(29)11-12-23(18)27(31)20-9-8-19-10-13-25(24(19)15-20)30-16-21-6-4-5-7-26(21)32-28(2,3)17-30/h4-9,11-12,14-15,25,27,31H,10,13,16-17H2,1-3H3. The van der Waals surface area contributed by atoms with E-state index in [1.54, 1.807) is 6.07 Å². The lowest BCUT2D eigenvalue weighted by Crippen LogP contribution is -2.41. The Hall–Kier alpha value is -2.69. The maximum atomic E-state index is 13.6. The Kier molecular flexibility index (Phi) is 5.31. The first-order valence-corrected chi connectivity index (χ1v) is 11.4. The van der Waals surface area contributed by atoms with E-state index in [1.807, 2.05) is 19.1 Å². The highest BCUT2D eigenvalue weighted by Gasteiger charge is 2.36. The van der Waals surface area contributed by atoms with E-state index >= 15 is 0 Å². The van der Waals surface area contributed by atoms with Crippen LogP contribution in [0.3, 0.4) is 0 Å². The molecule has 1 aliphatic carbocycles. The Morgan fingerprint density at radius 2 is 1.88 bits per heavy atom. The quantitative estimate of drug-likeness (QED) is 0.562. The minimum Gasteiger partial charge on any atom is -0.486 e. The van der Waals surface area contributed by atoms with Crippen LogP contribution in [0.1, 0.15) is 65.8 Å². The Morgan fingerprint density at radius 3 is 2.69 bits per heavy atom. The van der Waals surface area contributed by atoms with E-state index in [2.05, 4.69) is 49.1 Å². The molecular weight excluding hydrogens is 401 g/mol. The predicted octanol–water partition coefficient (Wildman–Crippen LogP) is 5.88. The first-order chi connectivity index (χ1) is 15.3. The predicted molar refractivity (Wildman–Crippen MR) is 124 cm³/mol. The summed E-state index contributed by atoms with van der Waals surface area (Å²) in [4.78, 5) is 2.52. The van der Waals surface area contributed by atoms with Crippen LogP contribution in [0.15, 0.2) is 60.7 Å². The van der Waals surface area contributed by atoms with Gasteiger partial charge in [-0.05, 0) is 79.6 Å². The van der Waals surface area contributed by atoms with Crippen LogP contribution in [0.5, 0.6) is 5.75 Å². The van der Waals surface area contributed by atoms with Crippen LogP contribution in [-0.2, 0) is 13.0 Å². The third-order valence-electron chi connectivity index (χ3n) is 6.82. The molecule has 32 heavy (non-hydrogen) atoms. The Morgan fingerprint density at radius 1 is 1.06 bits per heavy atom. The molecule has 0 saturated heterocycles. The fourth-order valence-electron chi connectivity index (χ4n) is 5.32. The molecule has 3 aromatic carbocycles. The summed E-state index contributed by atoms with van der Waals surface area (Å²) in [6.07, 6.45) is 1.32. The molecule has 3 aromatic rings. The number of halogens is 1. The molecule has 0 saturated carbocycles. The van der Waals surface area contributed by atoms with Gasteiger partial charge in [-0.2, -0.15) is 0 Å². The van der Waals surface area contributed by atoms with Gasteiger partial charge in [0.1, 0.15) is 23.3 Å². The molecule has 5 rings (SSSR count). The average molecular weight is 432 g/mol. The molecular formula is C28H30FNO2. The molecule has 166 valence electrons. The number of rotatable bonds is 3. The summed E-state index contributed by atoms with van der Waals surface area (Å²) < 4.78 is 19.9. The van der Waals surface area contributed by atoms with E-state index in [0.29, 0.717) is 0 Å². The lowest BCUT2D eigenvalue weighted by Gasteiger charge is -2.34. The van der Waals surface area contributed by atoms with Crippen molar-refractivity contribution >= 4 is 0 Å². The van der Waals surface area contributed by atoms with Crippen molar-refractivity contribution < 1.29 is 14.2 Å². The molecule has 2 aliphatic rings. The Balaban J connectivity index is 1.48. The van der Waals surface area contributed by atoms with Gasteiger partial charge < -0.3 is 9.84 Å². The molecule has 0 fully saturated rings. The van der Waals surface area contributed by atoms with Crippen LogP contribution in [-0.4, -0.2) is 22.2 Å². The SMILES string of the molecule is Cc1cc(F)ccc1C(O)c1ccc2c(c1)C(N1Cc3ccccc3OC(C)(C)C1)CC2. The summed E-state index contributed by atoms with van der Waals surface area (Å²) >= 11 is 0. The van der Waals surface area contributed by atoms with E-state index in [4.69, 9.17) is 4.74 Å². The average Bonchev–Trinajstić information content (AvgIpc) is 3.11. The fourth-order valence-corrected chi connectivity index (χ4v) is 5.32. The minimum absolute atomic E-state index is 0.278. The second-order valence-corrected chi connectivity index (χ2v) is 9.79. The number of benzene rings is 3. The van der Waals surface area contributed by atoms with Gasteiger partial charge in [0.15, 0.2) is 0 Å². The number of hydrogen-bond donors (Lipinski definition) is 1. The molecule has 0 amide bonds. The fraction of sp³-hybridized carbons (Fsp3) is 0.357. The van der Waals surface area contributed by atoms with E-state index in [0.717, 1.165) is 48.4 Å². The maximum absolute atomic E-state index is 13.6. The molecule has 0 bridgehead atoms. The van der Waals surface area contributed by atoms with Crippen molar-refractivity contribution in [1.82, 2.24) is 4.90 Å². The number of nitrogens with zero attached hydrogens (tertiary/aromatic N) is 1. The number of aryl methyl sites for hydroxylation is 2. The second kappa shape index (κ2) is 8.02. The first-order valence-electron chi connectivity index (χ1n) is 11.4. The number of fused-ring (bicyclic) bond motifs is 2. The van der Waals surface area contributed by atoms with Crippen molar-refractivity contribution in [2.24, 2.45) is 0 Å². The number of aliphatic hydroxyl groups excluding tert-OH is 1. The minimum atomic E-state index is -0.771. The molecule has 0 aromatic heterocycles. The van der Waals surface area contributed by atoms with Crippen LogP contribution in [0.2, 0.25) is 0 Å². The van der Waals surface area contributed by atoms with Crippen LogP contribution in [0.25, 0.3) is 0 Å². The number of para-hydroxylation sites is 1. The van der Waals surface area contributed by atoms with Gasteiger partial charge in [-0.1, -0.05) is 42.5 Å². The van der Waals surface area contributed by atoms with Crippen molar-refractivity contribution in [2.45, 2.75) is 57.9 Å². The topological polar surface area (TPSA) is 32.7 Å². The summed E-state index contributed by atoms with van der Waals surface area (Å²) in [5.41, 5.74) is 5.92. The molecule has 2 unspecified atom stereocenters. The normalized spacial score (nSPS) is 20.7. The lowest BCUT2D eigenvalue weighted by molar-refractivity contribution is 0.0521. The third kappa shape index (κ3) is 3.94. The van der Waals surface area contributed by atoms with Gasteiger partial charge >= 0.3 is 0 Å². The Labute approximate surface area is 189 Å². The monoisotopic (exact) mass is 431 g/mol. The van der Waals surface area contributed by atoms with E-state index in [9.17, 15) is 9.50 Å². The van der Waals surface area contributed by atoms with Crippen molar-refractivity contribution in [2.75, 3.05) is 6.54 Å². The molecule has 1 heterocycles. The smallest absolute Gasteiger partial charge is 0.124 e. The molecule has 4 heteroatoms. The molecule has 1 N–H and O–H groups in total. The van der Waals surface area contributed by atoms with Crippen molar-refractivity contribution in [3.8, 4) is 5.75 Å². The first kappa shape index (κ1) is 21.2. The highest BCUT2D eigenvalue weighted by molar-refractivity contribution is 5.43. The zero-order chi connectivity index (χ0) is 22.5. The zero-order valence-electron chi connectivity index (χ0n) is 18.9.